The van der Waals surface area contributed by atoms with Gasteiger partial charge in [-0.25, -0.2) is 0 Å². The Morgan fingerprint density at radius 3 is 2.33 bits per heavy atom. The molecule has 0 aromatic heterocycles. The van der Waals surface area contributed by atoms with Crippen molar-refractivity contribution in [1.82, 2.24) is 0 Å². The van der Waals surface area contributed by atoms with Crippen LogP contribution < -0.4 is 0 Å². The third kappa shape index (κ3) is 2.21. The molecule has 0 atom stereocenters. The fraction of sp³-hybridized carbons (Fsp3) is 0.250. The summed E-state index contributed by atoms with van der Waals surface area (Å²) in [7, 11) is 0. The lowest BCUT2D eigenvalue weighted by molar-refractivity contribution is 1.02. The Morgan fingerprint density at radius 1 is 0.833 bits per heavy atom. The summed E-state index contributed by atoms with van der Waals surface area (Å²) in [5.74, 6) is 0. The van der Waals surface area contributed by atoms with Crippen LogP contribution in [0.2, 0.25) is 0 Å². The Morgan fingerprint density at radius 2 is 1.58 bits per heavy atom. The molecule has 0 saturated carbocycles. The van der Waals surface area contributed by atoms with Crippen LogP contribution in [0.3, 0.4) is 0 Å². The highest BCUT2D eigenvalue weighted by atomic mass is 14.3. The van der Waals surface area contributed by atoms with Gasteiger partial charge in [0.05, 0.1) is 0 Å². The maximum atomic E-state index is 2.44. The topological polar surface area (TPSA) is 0 Å². The molecule has 0 heterocycles. The van der Waals surface area contributed by atoms with Crippen LogP contribution in [0.5, 0.6) is 0 Å². The second kappa shape index (κ2) is 5.63. The quantitative estimate of drug-likeness (QED) is 0.489. The van der Waals surface area contributed by atoms with Crippen LogP contribution in [0.15, 0.2) is 48.0 Å². The first-order valence-corrected chi connectivity index (χ1v) is 8.91. The zero-order valence-corrected chi connectivity index (χ0v) is 15.0. The Hall–Kier alpha value is -2.34. The molecule has 0 saturated heterocycles. The molecule has 0 fully saturated rings. The molecule has 0 amide bonds. The van der Waals surface area contributed by atoms with Crippen molar-refractivity contribution in [1.29, 1.82) is 0 Å². The van der Waals surface area contributed by atoms with Crippen LogP contribution in [-0.4, -0.2) is 0 Å². The zero-order chi connectivity index (χ0) is 16.8. The van der Waals surface area contributed by atoms with Crippen molar-refractivity contribution >= 4 is 16.8 Å². The van der Waals surface area contributed by atoms with E-state index in [2.05, 4.69) is 76.2 Å². The van der Waals surface area contributed by atoms with Gasteiger partial charge in [-0.15, -0.1) is 0 Å². The van der Waals surface area contributed by atoms with Crippen molar-refractivity contribution in [2.75, 3.05) is 0 Å². The van der Waals surface area contributed by atoms with Gasteiger partial charge in [-0.1, -0.05) is 55.0 Å². The van der Waals surface area contributed by atoms with Gasteiger partial charge in [0.1, 0.15) is 0 Å². The lowest BCUT2D eigenvalue weighted by atomic mass is 9.85. The summed E-state index contributed by atoms with van der Waals surface area (Å²) in [5.41, 5.74) is 11.7. The number of rotatable bonds is 2. The Balaban J connectivity index is 2.02. The number of hydrogen-bond acceptors (Lipinski definition) is 0. The molecule has 1 aliphatic carbocycles. The third-order valence-electron chi connectivity index (χ3n) is 5.79. The molecule has 0 bridgehead atoms. The van der Waals surface area contributed by atoms with Gasteiger partial charge in [0.25, 0.3) is 0 Å². The average molecular weight is 312 g/mol. The Labute approximate surface area is 144 Å². The van der Waals surface area contributed by atoms with Gasteiger partial charge in [0, 0.05) is 0 Å². The van der Waals surface area contributed by atoms with E-state index >= 15 is 0 Å². The van der Waals surface area contributed by atoms with E-state index in [-0.39, 0.29) is 0 Å². The van der Waals surface area contributed by atoms with E-state index in [0.717, 1.165) is 12.8 Å². The van der Waals surface area contributed by atoms with Crippen molar-refractivity contribution in [3.05, 3.63) is 75.9 Å². The smallest absolute Gasteiger partial charge is 0.00550 e. The second-order valence-corrected chi connectivity index (χ2v) is 7.04. The zero-order valence-electron chi connectivity index (χ0n) is 15.0. The molecule has 120 valence electrons. The summed E-state index contributed by atoms with van der Waals surface area (Å²) in [5, 5.41) is 2.63. The highest BCUT2D eigenvalue weighted by Gasteiger charge is 2.22. The van der Waals surface area contributed by atoms with Gasteiger partial charge in [0.2, 0.25) is 0 Å². The molecule has 4 rings (SSSR count). The fourth-order valence-corrected chi connectivity index (χ4v) is 4.06. The number of benzene rings is 3. The van der Waals surface area contributed by atoms with E-state index < -0.39 is 0 Å². The summed E-state index contributed by atoms with van der Waals surface area (Å²) in [6.07, 6.45) is 4.71. The van der Waals surface area contributed by atoms with E-state index in [1.54, 1.807) is 5.57 Å². The highest BCUT2D eigenvalue weighted by molar-refractivity contribution is 5.91. The molecule has 0 nitrogen and oxygen atoms in total. The first-order chi connectivity index (χ1) is 11.6. The number of hydrogen-bond donors (Lipinski definition) is 0. The first-order valence-electron chi connectivity index (χ1n) is 8.91. The van der Waals surface area contributed by atoms with Crippen LogP contribution in [-0.2, 0) is 6.42 Å². The van der Waals surface area contributed by atoms with E-state index in [1.807, 2.05) is 0 Å². The summed E-state index contributed by atoms with van der Waals surface area (Å²) < 4.78 is 0. The lowest BCUT2D eigenvalue weighted by Gasteiger charge is -2.19. The predicted octanol–water partition coefficient (Wildman–Crippen LogP) is 6.78. The lowest BCUT2D eigenvalue weighted by Crippen LogP contribution is -2.00. The van der Waals surface area contributed by atoms with Gasteiger partial charge in [-0.2, -0.15) is 0 Å². The molecule has 1 aliphatic rings. The normalized spacial score (nSPS) is 13.2. The van der Waals surface area contributed by atoms with Gasteiger partial charge in [-0.05, 0) is 89.4 Å². The van der Waals surface area contributed by atoms with Crippen molar-refractivity contribution in [3.8, 4) is 11.1 Å². The molecule has 3 aromatic rings. The second-order valence-electron chi connectivity index (χ2n) is 7.04. The number of allylic oxidation sites excluding steroid dienone is 1. The van der Waals surface area contributed by atoms with Gasteiger partial charge >= 0.3 is 0 Å². The monoisotopic (exact) mass is 312 g/mol. The molecular formula is C24H24. The predicted molar refractivity (Wildman–Crippen MR) is 106 cm³/mol. The summed E-state index contributed by atoms with van der Waals surface area (Å²) >= 11 is 0. The van der Waals surface area contributed by atoms with Gasteiger partial charge in [-0.3, -0.25) is 0 Å². The summed E-state index contributed by atoms with van der Waals surface area (Å²) in [6, 6.07) is 15.5. The minimum absolute atomic E-state index is 1.12. The van der Waals surface area contributed by atoms with E-state index in [9.17, 15) is 0 Å². The Kier molecular flexibility index (Phi) is 3.57. The minimum Gasteiger partial charge on any atom is -0.0654 e. The van der Waals surface area contributed by atoms with Crippen molar-refractivity contribution < 1.29 is 0 Å². The van der Waals surface area contributed by atoms with Crippen molar-refractivity contribution in [3.63, 3.8) is 0 Å². The van der Waals surface area contributed by atoms with Gasteiger partial charge in [0.15, 0.2) is 0 Å². The van der Waals surface area contributed by atoms with Crippen molar-refractivity contribution in [2.45, 2.75) is 40.5 Å². The van der Waals surface area contributed by atoms with E-state index in [0.29, 0.717) is 0 Å². The SMILES string of the molecule is CCC1=Cc2c(c(C)c(C)c(C)c2-c2ccc3ccccc3c2)C1. The largest absolute Gasteiger partial charge is 0.0654 e. The van der Waals surface area contributed by atoms with Crippen LogP contribution >= 0.6 is 0 Å². The molecule has 0 heteroatoms. The highest BCUT2D eigenvalue weighted by Crippen LogP contribution is 2.41. The molecule has 24 heavy (non-hydrogen) atoms. The van der Waals surface area contributed by atoms with Crippen LogP contribution in [0.4, 0.5) is 0 Å². The van der Waals surface area contributed by atoms with E-state index in [1.165, 1.54) is 49.7 Å². The van der Waals surface area contributed by atoms with Crippen molar-refractivity contribution in [2.24, 2.45) is 0 Å². The molecule has 0 unspecified atom stereocenters. The van der Waals surface area contributed by atoms with Crippen LogP contribution in [0, 0.1) is 20.8 Å². The maximum absolute atomic E-state index is 2.44. The first kappa shape index (κ1) is 15.2. The van der Waals surface area contributed by atoms with E-state index in [4.69, 9.17) is 0 Å². The third-order valence-corrected chi connectivity index (χ3v) is 5.79. The molecular weight excluding hydrogens is 288 g/mol. The molecule has 0 radical (unpaired) electrons. The maximum Gasteiger partial charge on any atom is -0.00550 e. The minimum atomic E-state index is 1.12. The Bertz CT molecular complexity index is 987. The average Bonchev–Trinajstić information content (AvgIpc) is 3.04. The molecule has 0 N–H and O–H groups in total. The molecule has 0 spiro atoms. The van der Waals surface area contributed by atoms with Gasteiger partial charge < -0.3 is 0 Å². The molecule has 0 aliphatic heterocycles. The summed E-state index contributed by atoms with van der Waals surface area (Å²) in [4.78, 5) is 0. The van der Waals surface area contributed by atoms with Crippen LogP contribution in [0.25, 0.3) is 28.0 Å². The number of fused-ring (bicyclic) bond motifs is 2. The van der Waals surface area contributed by atoms with Crippen LogP contribution in [0.1, 0.15) is 41.2 Å². The molecule has 3 aromatic carbocycles. The fourth-order valence-electron chi connectivity index (χ4n) is 4.06. The summed E-state index contributed by atoms with van der Waals surface area (Å²) in [6.45, 7) is 9.12. The standard InChI is InChI=1S/C24H24/c1-5-18-12-22-16(3)15(2)17(4)24(23(22)13-18)21-11-10-19-8-6-7-9-20(19)14-21/h6-11,13-14H,5,12H2,1-4H3.